The summed E-state index contributed by atoms with van der Waals surface area (Å²) in [5.74, 6) is 0.855. The molecule has 0 heterocycles. The van der Waals surface area contributed by atoms with Crippen molar-refractivity contribution >= 4 is 18.6 Å². The highest BCUT2D eigenvalue weighted by Crippen LogP contribution is 2.49. The molecule has 0 bridgehead atoms. The molecule has 0 saturated carbocycles. The second-order valence-electron chi connectivity index (χ2n) is 6.48. The van der Waals surface area contributed by atoms with Gasteiger partial charge < -0.3 is 9.05 Å². The van der Waals surface area contributed by atoms with Crippen LogP contribution in [0.25, 0.3) is 10.8 Å². The van der Waals surface area contributed by atoms with E-state index in [0.717, 1.165) is 16.3 Å². The highest BCUT2D eigenvalue weighted by atomic mass is 31.2. The van der Waals surface area contributed by atoms with Gasteiger partial charge in [0.05, 0.1) is 6.61 Å². The molecular formula is C24H21O4P. The monoisotopic (exact) mass is 404 g/mol. The van der Waals surface area contributed by atoms with Gasteiger partial charge in [0.2, 0.25) is 0 Å². The van der Waals surface area contributed by atoms with Crippen LogP contribution >= 0.6 is 7.82 Å². The minimum absolute atomic E-state index is 0.199. The standard InChI is InChI=1S/C24H21O4P/c25-29(27-22-13-3-1-4-14-22,28-23-15-5-2-6-16-23)26-19-18-21-12-9-11-20-10-7-8-17-24(20)21/h1-17H,18-19H2. The van der Waals surface area contributed by atoms with Gasteiger partial charge in [-0.25, -0.2) is 4.57 Å². The van der Waals surface area contributed by atoms with Gasteiger partial charge >= 0.3 is 7.82 Å². The molecule has 0 N–H and O–H groups in total. The van der Waals surface area contributed by atoms with Crippen molar-refractivity contribution < 1.29 is 18.1 Å². The van der Waals surface area contributed by atoms with Crippen LogP contribution in [0, 0.1) is 0 Å². The van der Waals surface area contributed by atoms with Crippen molar-refractivity contribution in [3.63, 3.8) is 0 Å². The summed E-state index contributed by atoms with van der Waals surface area (Å²) in [7, 11) is -3.86. The van der Waals surface area contributed by atoms with Crippen molar-refractivity contribution in [2.45, 2.75) is 6.42 Å². The molecule has 146 valence electrons. The smallest absolute Gasteiger partial charge is 0.395 e. The Balaban J connectivity index is 1.51. The summed E-state index contributed by atoms with van der Waals surface area (Å²) < 4.78 is 30.3. The molecule has 0 radical (unpaired) electrons. The summed E-state index contributed by atoms with van der Waals surface area (Å²) in [4.78, 5) is 0. The molecule has 0 amide bonds. The predicted molar refractivity (Wildman–Crippen MR) is 115 cm³/mol. The van der Waals surface area contributed by atoms with E-state index in [2.05, 4.69) is 18.2 Å². The molecule has 4 rings (SSSR count). The largest absolute Gasteiger partial charge is 0.587 e. The number of fused-ring (bicyclic) bond motifs is 1. The molecular weight excluding hydrogens is 383 g/mol. The summed E-state index contributed by atoms with van der Waals surface area (Å²) in [6.45, 7) is 0.199. The van der Waals surface area contributed by atoms with Gasteiger partial charge in [-0.05, 0) is 47.0 Å². The number of hydrogen-bond acceptors (Lipinski definition) is 4. The molecule has 29 heavy (non-hydrogen) atoms. The zero-order chi connectivity index (χ0) is 19.9. The van der Waals surface area contributed by atoms with E-state index in [4.69, 9.17) is 13.6 Å². The number of phosphoric ester groups is 1. The van der Waals surface area contributed by atoms with Crippen molar-refractivity contribution in [3.8, 4) is 11.5 Å². The van der Waals surface area contributed by atoms with E-state index in [1.807, 2.05) is 36.4 Å². The Hall–Kier alpha value is -3.07. The van der Waals surface area contributed by atoms with Crippen LogP contribution in [0.5, 0.6) is 11.5 Å². The number of para-hydroxylation sites is 2. The topological polar surface area (TPSA) is 44.8 Å². The van der Waals surface area contributed by atoms with E-state index in [1.54, 1.807) is 48.5 Å². The summed E-state index contributed by atoms with van der Waals surface area (Å²) in [6.07, 6.45) is 0.585. The Morgan fingerprint density at radius 2 is 1.17 bits per heavy atom. The van der Waals surface area contributed by atoms with Crippen molar-refractivity contribution in [1.82, 2.24) is 0 Å². The van der Waals surface area contributed by atoms with E-state index in [0.29, 0.717) is 17.9 Å². The van der Waals surface area contributed by atoms with E-state index >= 15 is 0 Å². The van der Waals surface area contributed by atoms with Gasteiger partial charge in [-0.15, -0.1) is 0 Å². The van der Waals surface area contributed by atoms with Crippen LogP contribution in [0.2, 0.25) is 0 Å². The van der Waals surface area contributed by atoms with Crippen LogP contribution in [-0.2, 0) is 15.5 Å². The van der Waals surface area contributed by atoms with E-state index in [-0.39, 0.29) is 6.61 Å². The molecule has 0 aliphatic rings. The minimum Gasteiger partial charge on any atom is -0.395 e. The van der Waals surface area contributed by atoms with Gasteiger partial charge in [-0.3, -0.25) is 4.52 Å². The van der Waals surface area contributed by atoms with Crippen molar-refractivity contribution in [1.29, 1.82) is 0 Å². The third-order valence-corrected chi connectivity index (χ3v) is 5.79. The van der Waals surface area contributed by atoms with Gasteiger partial charge in [0.15, 0.2) is 0 Å². The molecule has 0 atom stereocenters. The van der Waals surface area contributed by atoms with Crippen molar-refractivity contribution in [2.24, 2.45) is 0 Å². The Labute approximate surface area is 170 Å². The molecule has 4 nitrogen and oxygen atoms in total. The Morgan fingerprint density at radius 3 is 1.83 bits per heavy atom. The Bertz CT molecular complexity index is 1060. The van der Waals surface area contributed by atoms with Crippen LogP contribution < -0.4 is 9.05 Å². The average Bonchev–Trinajstić information content (AvgIpc) is 2.75. The molecule has 0 aromatic heterocycles. The summed E-state index contributed by atoms with van der Waals surface area (Å²) in [5, 5.41) is 2.32. The third kappa shape index (κ3) is 5.05. The fraction of sp³-hybridized carbons (Fsp3) is 0.0833. The zero-order valence-corrected chi connectivity index (χ0v) is 16.7. The van der Waals surface area contributed by atoms with Crippen LogP contribution in [0.1, 0.15) is 5.56 Å². The summed E-state index contributed by atoms with van der Waals surface area (Å²) >= 11 is 0. The first-order valence-electron chi connectivity index (χ1n) is 9.42. The summed E-state index contributed by atoms with van der Waals surface area (Å²) in [6, 6.07) is 32.1. The minimum atomic E-state index is -3.86. The quantitative estimate of drug-likeness (QED) is 0.308. The first kappa shape index (κ1) is 19.3. The Morgan fingerprint density at radius 1 is 0.621 bits per heavy atom. The van der Waals surface area contributed by atoms with Crippen LogP contribution in [0.4, 0.5) is 0 Å². The van der Waals surface area contributed by atoms with E-state index in [9.17, 15) is 4.57 Å². The SMILES string of the molecule is O=P(OCCc1cccc2ccccc12)(Oc1ccccc1)Oc1ccccc1. The number of rotatable bonds is 8. The highest BCUT2D eigenvalue weighted by Gasteiger charge is 2.30. The van der Waals surface area contributed by atoms with Gasteiger partial charge in [0.1, 0.15) is 11.5 Å². The molecule has 0 saturated heterocycles. The van der Waals surface area contributed by atoms with E-state index in [1.165, 1.54) is 0 Å². The molecule has 5 heteroatoms. The molecule has 0 fully saturated rings. The average molecular weight is 404 g/mol. The van der Waals surface area contributed by atoms with Gasteiger partial charge in [-0.1, -0.05) is 78.9 Å². The maximum atomic E-state index is 13.3. The van der Waals surface area contributed by atoms with Gasteiger partial charge in [-0.2, -0.15) is 0 Å². The lowest BCUT2D eigenvalue weighted by molar-refractivity contribution is 0.212. The molecule has 0 aliphatic carbocycles. The zero-order valence-electron chi connectivity index (χ0n) is 15.8. The van der Waals surface area contributed by atoms with Crippen LogP contribution in [0.3, 0.4) is 0 Å². The predicted octanol–water partition coefficient (Wildman–Crippen LogP) is 6.67. The first-order chi connectivity index (χ1) is 14.2. The van der Waals surface area contributed by atoms with E-state index < -0.39 is 7.82 Å². The normalized spacial score (nSPS) is 11.3. The van der Waals surface area contributed by atoms with Crippen molar-refractivity contribution in [2.75, 3.05) is 6.61 Å². The molecule has 0 unspecified atom stereocenters. The lowest BCUT2D eigenvalue weighted by atomic mass is 10.0. The first-order valence-corrected chi connectivity index (χ1v) is 10.9. The highest BCUT2D eigenvalue weighted by molar-refractivity contribution is 7.49. The summed E-state index contributed by atoms with van der Waals surface area (Å²) in [5.41, 5.74) is 1.12. The lowest BCUT2D eigenvalue weighted by Crippen LogP contribution is -2.07. The molecule has 4 aromatic carbocycles. The second-order valence-corrected chi connectivity index (χ2v) is 8.00. The Kier molecular flexibility index (Phi) is 5.95. The fourth-order valence-electron chi connectivity index (χ4n) is 3.07. The lowest BCUT2D eigenvalue weighted by Gasteiger charge is -2.19. The fourth-order valence-corrected chi connectivity index (χ4v) is 4.29. The maximum Gasteiger partial charge on any atom is 0.587 e. The van der Waals surface area contributed by atoms with Crippen molar-refractivity contribution in [3.05, 3.63) is 109 Å². The molecule has 0 spiro atoms. The molecule has 0 aliphatic heterocycles. The number of phosphoric acid groups is 1. The maximum absolute atomic E-state index is 13.3. The third-order valence-electron chi connectivity index (χ3n) is 4.42. The second kappa shape index (κ2) is 8.95. The number of hydrogen-bond donors (Lipinski definition) is 0. The van der Waals surface area contributed by atoms with Gasteiger partial charge in [0, 0.05) is 0 Å². The molecule has 4 aromatic rings. The van der Waals surface area contributed by atoms with Gasteiger partial charge in [0.25, 0.3) is 0 Å². The van der Waals surface area contributed by atoms with Crippen LogP contribution in [0.15, 0.2) is 103 Å². The number of benzene rings is 4. The van der Waals surface area contributed by atoms with Crippen LogP contribution in [-0.4, -0.2) is 6.61 Å².